The molecule has 0 aliphatic carbocycles. The van der Waals surface area contributed by atoms with Gasteiger partial charge in [0.2, 0.25) is 11.7 Å². The predicted molar refractivity (Wildman–Crippen MR) is 111 cm³/mol. The smallest absolute Gasteiger partial charge is 0.254 e. The number of carbonyl (C=O) groups is 1. The Morgan fingerprint density at radius 1 is 1.14 bits per heavy atom. The molecule has 8 heteroatoms. The van der Waals surface area contributed by atoms with Crippen LogP contribution in [-0.2, 0) is 6.54 Å². The predicted octanol–water partition coefficient (Wildman–Crippen LogP) is 4.23. The molecule has 0 aliphatic rings. The molecule has 1 N–H and O–H groups in total. The highest BCUT2D eigenvalue weighted by Crippen LogP contribution is 2.26. The molecule has 2 aromatic carbocycles. The first-order valence-electron chi connectivity index (χ1n) is 8.88. The SMILES string of the molecule is O=C(NCc1ccc(-c2nc3cc(Br)ccc3o2)cc1)c1cnc2nccn2c1. The van der Waals surface area contributed by atoms with Crippen LogP contribution in [0.15, 0.2) is 76.1 Å². The van der Waals surface area contributed by atoms with Crippen molar-refractivity contribution in [1.82, 2.24) is 24.7 Å². The largest absolute Gasteiger partial charge is 0.436 e. The molecule has 0 unspecified atom stereocenters. The van der Waals surface area contributed by atoms with Crippen molar-refractivity contribution in [1.29, 1.82) is 0 Å². The Morgan fingerprint density at radius 2 is 2.00 bits per heavy atom. The van der Waals surface area contributed by atoms with Crippen LogP contribution >= 0.6 is 15.9 Å². The fourth-order valence-corrected chi connectivity index (χ4v) is 3.36. The van der Waals surface area contributed by atoms with Crippen LogP contribution in [0.2, 0.25) is 0 Å². The summed E-state index contributed by atoms with van der Waals surface area (Å²) in [5.41, 5.74) is 3.86. The zero-order chi connectivity index (χ0) is 19.8. The first kappa shape index (κ1) is 17.6. The number of oxazole rings is 1. The molecular weight excluding hydrogens is 434 g/mol. The molecular formula is C21H14BrN5O2. The number of rotatable bonds is 4. The van der Waals surface area contributed by atoms with Gasteiger partial charge in [-0.1, -0.05) is 28.1 Å². The molecule has 0 radical (unpaired) electrons. The van der Waals surface area contributed by atoms with E-state index in [9.17, 15) is 4.79 Å². The quantitative estimate of drug-likeness (QED) is 0.445. The van der Waals surface area contributed by atoms with Crippen LogP contribution < -0.4 is 5.32 Å². The van der Waals surface area contributed by atoms with Crippen molar-refractivity contribution < 1.29 is 9.21 Å². The number of carbonyl (C=O) groups excluding carboxylic acids is 1. The van der Waals surface area contributed by atoms with Gasteiger partial charge < -0.3 is 9.73 Å². The average molecular weight is 448 g/mol. The maximum atomic E-state index is 12.4. The van der Waals surface area contributed by atoms with Gasteiger partial charge in [-0.15, -0.1) is 0 Å². The molecule has 1 amide bonds. The summed E-state index contributed by atoms with van der Waals surface area (Å²) in [6, 6.07) is 13.5. The number of nitrogens with zero attached hydrogens (tertiary/aromatic N) is 4. The Kier molecular flexibility index (Phi) is 4.33. The standard InChI is InChI=1S/C21H14BrN5O2/c22-16-5-6-18-17(9-16)26-20(29-18)14-3-1-13(2-4-14)10-24-19(28)15-11-25-21-23-7-8-27(21)12-15/h1-9,11-12H,10H2,(H,24,28). The molecule has 0 saturated carbocycles. The summed E-state index contributed by atoms with van der Waals surface area (Å²) in [4.78, 5) is 25.1. The van der Waals surface area contributed by atoms with E-state index in [-0.39, 0.29) is 5.91 Å². The van der Waals surface area contributed by atoms with Gasteiger partial charge in [-0.05, 0) is 35.9 Å². The molecule has 0 aliphatic heterocycles. The van der Waals surface area contributed by atoms with E-state index in [1.807, 2.05) is 42.5 Å². The number of amides is 1. The van der Waals surface area contributed by atoms with Gasteiger partial charge in [-0.2, -0.15) is 0 Å². The van der Waals surface area contributed by atoms with E-state index in [0.29, 0.717) is 23.8 Å². The monoisotopic (exact) mass is 447 g/mol. The van der Waals surface area contributed by atoms with Gasteiger partial charge >= 0.3 is 0 Å². The van der Waals surface area contributed by atoms with Crippen LogP contribution in [0, 0.1) is 0 Å². The van der Waals surface area contributed by atoms with Gasteiger partial charge in [0.25, 0.3) is 5.91 Å². The number of nitrogens with one attached hydrogen (secondary N) is 1. The molecule has 7 nitrogen and oxygen atoms in total. The second kappa shape index (κ2) is 7.14. The van der Waals surface area contributed by atoms with Crippen molar-refractivity contribution in [3.8, 4) is 11.5 Å². The third kappa shape index (κ3) is 3.50. The van der Waals surface area contributed by atoms with Gasteiger partial charge in [-0.25, -0.2) is 15.0 Å². The third-order valence-electron chi connectivity index (χ3n) is 4.51. The van der Waals surface area contributed by atoms with Gasteiger partial charge in [-0.3, -0.25) is 9.20 Å². The Labute approximate surface area is 173 Å². The lowest BCUT2D eigenvalue weighted by molar-refractivity contribution is 0.0950. The van der Waals surface area contributed by atoms with E-state index in [1.54, 1.807) is 23.0 Å². The maximum Gasteiger partial charge on any atom is 0.254 e. The van der Waals surface area contributed by atoms with Gasteiger partial charge in [0.05, 0.1) is 5.56 Å². The van der Waals surface area contributed by atoms with E-state index in [0.717, 1.165) is 26.7 Å². The van der Waals surface area contributed by atoms with Crippen molar-refractivity contribution in [3.63, 3.8) is 0 Å². The van der Waals surface area contributed by atoms with E-state index in [1.165, 1.54) is 6.20 Å². The van der Waals surface area contributed by atoms with E-state index >= 15 is 0 Å². The summed E-state index contributed by atoms with van der Waals surface area (Å²) < 4.78 is 8.49. The van der Waals surface area contributed by atoms with Crippen LogP contribution in [0.4, 0.5) is 0 Å². The highest BCUT2D eigenvalue weighted by molar-refractivity contribution is 9.10. The van der Waals surface area contributed by atoms with E-state index < -0.39 is 0 Å². The molecule has 29 heavy (non-hydrogen) atoms. The molecule has 142 valence electrons. The lowest BCUT2D eigenvalue weighted by atomic mass is 10.1. The molecule has 0 atom stereocenters. The maximum absolute atomic E-state index is 12.4. The zero-order valence-corrected chi connectivity index (χ0v) is 16.6. The Bertz CT molecular complexity index is 1340. The number of benzene rings is 2. The highest BCUT2D eigenvalue weighted by Gasteiger charge is 2.10. The van der Waals surface area contributed by atoms with Crippen LogP contribution in [0.25, 0.3) is 28.3 Å². The molecule has 0 bridgehead atoms. The molecule has 5 rings (SSSR count). The Balaban J connectivity index is 1.29. The lowest BCUT2D eigenvalue weighted by Gasteiger charge is -2.06. The summed E-state index contributed by atoms with van der Waals surface area (Å²) >= 11 is 3.44. The zero-order valence-electron chi connectivity index (χ0n) is 15.0. The fraction of sp³-hybridized carbons (Fsp3) is 0.0476. The normalized spacial score (nSPS) is 11.2. The number of fused-ring (bicyclic) bond motifs is 2. The topological polar surface area (TPSA) is 85.3 Å². The molecule has 0 spiro atoms. The number of hydrogen-bond donors (Lipinski definition) is 1. The Hall–Kier alpha value is -3.52. The van der Waals surface area contributed by atoms with Gasteiger partial charge in [0.1, 0.15) is 5.52 Å². The summed E-state index contributed by atoms with van der Waals surface area (Å²) in [6.07, 6.45) is 6.62. The molecule has 5 aromatic rings. The van der Waals surface area contributed by atoms with Gasteiger partial charge in [0.15, 0.2) is 5.58 Å². The number of hydrogen-bond acceptors (Lipinski definition) is 5. The van der Waals surface area contributed by atoms with Crippen LogP contribution in [0.1, 0.15) is 15.9 Å². The van der Waals surface area contributed by atoms with Gasteiger partial charge in [0, 0.05) is 41.4 Å². The molecule has 0 saturated heterocycles. The van der Waals surface area contributed by atoms with Crippen molar-refractivity contribution in [2.75, 3.05) is 0 Å². The van der Waals surface area contributed by atoms with Crippen molar-refractivity contribution in [2.24, 2.45) is 0 Å². The second-order valence-electron chi connectivity index (χ2n) is 6.49. The average Bonchev–Trinajstić information content (AvgIpc) is 3.38. The number of halogens is 1. The molecule has 3 aromatic heterocycles. The van der Waals surface area contributed by atoms with E-state index in [4.69, 9.17) is 4.42 Å². The summed E-state index contributed by atoms with van der Waals surface area (Å²) in [6.45, 7) is 0.404. The summed E-state index contributed by atoms with van der Waals surface area (Å²) in [5.74, 6) is 0.929. The minimum atomic E-state index is -0.193. The third-order valence-corrected chi connectivity index (χ3v) is 5.00. The molecule has 3 heterocycles. The van der Waals surface area contributed by atoms with Crippen LogP contribution in [0.3, 0.4) is 0 Å². The van der Waals surface area contributed by atoms with Crippen molar-refractivity contribution >= 4 is 38.7 Å². The highest BCUT2D eigenvalue weighted by atomic mass is 79.9. The van der Waals surface area contributed by atoms with Crippen molar-refractivity contribution in [3.05, 3.63) is 82.9 Å². The number of aromatic nitrogens is 4. The second-order valence-corrected chi connectivity index (χ2v) is 7.40. The lowest BCUT2D eigenvalue weighted by Crippen LogP contribution is -2.23. The first-order valence-corrected chi connectivity index (χ1v) is 9.67. The van der Waals surface area contributed by atoms with E-state index in [2.05, 4.69) is 36.2 Å². The summed E-state index contributed by atoms with van der Waals surface area (Å²) in [7, 11) is 0. The summed E-state index contributed by atoms with van der Waals surface area (Å²) in [5, 5.41) is 2.90. The van der Waals surface area contributed by atoms with Crippen LogP contribution in [0.5, 0.6) is 0 Å². The van der Waals surface area contributed by atoms with Crippen LogP contribution in [-0.4, -0.2) is 25.3 Å². The minimum absolute atomic E-state index is 0.193. The molecule has 0 fully saturated rings. The number of imidazole rings is 1. The fourth-order valence-electron chi connectivity index (χ4n) is 3.01. The van der Waals surface area contributed by atoms with Crippen molar-refractivity contribution in [2.45, 2.75) is 6.54 Å². The Morgan fingerprint density at radius 3 is 2.86 bits per heavy atom. The minimum Gasteiger partial charge on any atom is -0.436 e. The first-order chi connectivity index (χ1) is 14.2.